The van der Waals surface area contributed by atoms with Crippen LogP contribution in [0.3, 0.4) is 0 Å². The molecule has 0 fully saturated rings. The Hall–Kier alpha value is -2.92. The second-order valence-corrected chi connectivity index (χ2v) is 7.34. The third-order valence-electron chi connectivity index (χ3n) is 3.86. The van der Waals surface area contributed by atoms with Gasteiger partial charge in [0.1, 0.15) is 18.2 Å². The number of ether oxygens (including phenoxy) is 1. The molecule has 2 heterocycles. The minimum atomic E-state index is 0.116. The van der Waals surface area contributed by atoms with Gasteiger partial charge in [-0.25, -0.2) is 9.98 Å². The molecule has 0 aliphatic rings. The first kappa shape index (κ1) is 19.8. The van der Waals surface area contributed by atoms with Gasteiger partial charge in [-0.1, -0.05) is 29.3 Å². The molecule has 0 atom stereocenters. The maximum Gasteiger partial charge on any atom is 0.213 e. The summed E-state index contributed by atoms with van der Waals surface area (Å²) in [5, 5.41) is 18.0. The zero-order chi connectivity index (χ0) is 20.3. The number of hydrogen-bond donors (Lipinski definition) is 2. The van der Waals surface area contributed by atoms with Gasteiger partial charge in [-0.05, 0) is 23.8 Å². The van der Waals surface area contributed by atoms with Crippen LogP contribution in [0.25, 0.3) is 21.6 Å². The number of nitrogens with one attached hydrogen (secondary N) is 1. The highest BCUT2D eigenvalue weighted by molar-refractivity contribution is 7.18. The Morgan fingerprint density at radius 3 is 2.79 bits per heavy atom. The van der Waals surface area contributed by atoms with E-state index in [1.54, 1.807) is 36.5 Å². The Balaban J connectivity index is 2.36. The highest BCUT2D eigenvalue weighted by Crippen LogP contribution is 2.44. The molecule has 6 nitrogen and oxygen atoms in total. The molecular weight excluding hydrogens is 417 g/mol. The van der Waals surface area contributed by atoms with Crippen LogP contribution in [0.2, 0.25) is 10.0 Å². The van der Waals surface area contributed by atoms with Crippen molar-refractivity contribution in [1.29, 1.82) is 10.7 Å². The van der Waals surface area contributed by atoms with Crippen LogP contribution in [-0.4, -0.2) is 24.3 Å². The minimum Gasteiger partial charge on any atom is -0.481 e. The van der Waals surface area contributed by atoms with E-state index in [2.05, 4.69) is 16.0 Å². The maximum absolute atomic E-state index is 9.93. The summed E-state index contributed by atoms with van der Waals surface area (Å²) in [6.07, 6.45) is 2.45. The Labute approximate surface area is 175 Å². The van der Waals surface area contributed by atoms with Gasteiger partial charge in [-0.2, -0.15) is 5.26 Å². The van der Waals surface area contributed by atoms with Gasteiger partial charge in [0, 0.05) is 33.4 Å². The normalized spacial score (nSPS) is 11.1. The zero-order valence-electron chi connectivity index (χ0n) is 14.5. The third kappa shape index (κ3) is 3.71. The lowest BCUT2D eigenvalue weighted by Crippen LogP contribution is -2.12. The Bertz CT molecular complexity index is 1130. The molecule has 140 valence electrons. The average molecular weight is 430 g/mol. The van der Waals surface area contributed by atoms with E-state index in [4.69, 9.17) is 39.1 Å². The first-order valence-electron chi connectivity index (χ1n) is 7.85. The van der Waals surface area contributed by atoms with Gasteiger partial charge in [0.15, 0.2) is 0 Å². The van der Waals surface area contributed by atoms with Gasteiger partial charge >= 0.3 is 0 Å². The summed E-state index contributed by atoms with van der Waals surface area (Å²) in [6, 6.07) is 10.8. The lowest BCUT2D eigenvalue weighted by Gasteiger charge is -2.07. The van der Waals surface area contributed by atoms with Crippen molar-refractivity contribution < 1.29 is 4.74 Å². The number of halogens is 2. The van der Waals surface area contributed by atoms with Gasteiger partial charge in [-0.15, -0.1) is 11.3 Å². The first-order chi connectivity index (χ1) is 13.5. The van der Waals surface area contributed by atoms with Gasteiger partial charge in [0.2, 0.25) is 5.88 Å². The lowest BCUT2D eigenvalue weighted by molar-refractivity contribution is 0.398. The molecule has 0 unspecified atom stereocenters. The van der Waals surface area contributed by atoms with Crippen molar-refractivity contribution in [3.05, 3.63) is 57.0 Å². The molecule has 0 amide bonds. The van der Waals surface area contributed by atoms with Crippen LogP contribution < -0.4 is 10.5 Å². The SMILES string of the molecule is COc1cc(-c2sc(C(N)=NC=N)c(-c3ccc(Cl)cc3Cl)c2C#N)ccn1. The van der Waals surface area contributed by atoms with Crippen LogP contribution in [-0.2, 0) is 0 Å². The molecule has 3 aromatic rings. The minimum absolute atomic E-state index is 0.116. The van der Waals surface area contributed by atoms with Gasteiger partial charge < -0.3 is 10.5 Å². The fourth-order valence-corrected chi connectivity index (χ4v) is 4.33. The molecule has 3 N–H and O–H groups in total. The number of aliphatic imine (C=N–C) groups is 1. The number of amidine groups is 1. The van der Waals surface area contributed by atoms with Crippen molar-refractivity contribution >= 4 is 46.7 Å². The van der Waals surface area contributed by atoms with E-state index in [0.29, 0.717) is 42.4 Å². The molecule has 0 radical (unpaired) electrons. The highest BCUT2D eigenvalue weighted by Gasteiger charge is 2.24. The predicted octanol–water partition coefficient (Wildman–Crippen LogP) is 4.98. The molecule has 3 rings (SSSR count). The van der Waals surface area contributed by atoms with Crippen LogP contribution in [0.4, 0.5) is 0 Å². The van der Waals surface area contributed by atoms with Crippen molar-refractivity contribution in [1.82, 2.24) is 4.98 Å². The largest absolute Gasteiger partial charge is 0.481 e. The molecule has 1 aromatic carbocycles. The van der Waals surface area contributed by atoms with Crippen molar-refractivity contribution in [2.45, 2.75) is 0 Å². The fraction of sp³-hybridized carbons (Fsp3) is 0.0526. The third-order valence-corrected chi connectivity index (χ3v) is 5.67. The van der Waals surface area contributed by atoms with E-state index < -0.39 is 0 Å². The molecule has 0 aliphatic carbocycles. The summed E-state index contributed by atoms with van der Waals surface area (Å²) in [5.41, 5.74) is 8.37. The monoisotopic (exact) mass is 429 g/mol. The Morgan fingerprint density at radius 1 is 1.36 bits per heavy atom. The standard InChI is InChI=1S/C19H13Cl2N5OS/c1-27-15-6-10(4-5-25-15)17-13(8-22)16(18(28-17)19(24)26-9-23)12-3-2-11(20)7-14(12)21/h2-7,9H,1H3,(H3,23,24,26). The van der Waals surface area contributed by atoms with Crippen molar-refractivity contribution in [3.8, 4) is 33.5 Å². The number of nitriles is 1. The van der Waals surface area contributed by atoms with E-state index in [1.165, 1.54) is 18.4 Å². The maximum atomic E-state index is 9.93. The molecule has 0 saturated heterocycles. The second kappa shape index (κ2) is 8.40. The molecule has 0 saturated carbocycles. The predicted molar refractivity (Wildman–Crippen MR) is 114 cm³/mol. The number of aromatic nitrogens is 1. The first-order valence-corrected chi connectivity index (χ1v) is 9.42. The number of rotatable bonds is 5. The van der Waals surface area contributed by atoms with Crippen LogP contribution in [0, 0.1) is 16.7 Å². The van der Waals surface area contributed by atoms with Crippen molar-refractivity contribution in [3.63, 3.8) is 0 Å². The zero-order valence-corrected chi connectivity index (χ0v) is 16.9. The summed E-state index contributed by atoms with van der Waals surface area (Å²) in [5.74, 6) is 0.535. The Kier molecular flexibility index (Phi) is 5.95. The summed E-state index contributed by atoms with van der Waals surface area (Å²) in [4.78, 5) is 9.18. The smallest absolute Gasteiger partial charge is 0.213 e. The molecule has 28 heavy (non-hydrogen) atoms. The van der Waals surface area contributed by atoms with Crippen LogP contribution >= 0.6 is 34.5 Å². The van der Waals surface area contributed by atoms with E-state index in [1.807, 2.05) is 0 Å². The number of hydrogen-bond acceptors (Lipinski definition) is 5. The van der Waals surface area contributed by atoms with E-state index in [9.17, 15) is 5.26 Å². The fourth-order valence-electron chi connectivity index (χ4n) is 2.66. The van der Waals surface area contributed by atoms with E-state index in [0.717, 1.165) is 11.9 Å². The highest BCUT2D eigenvalue weighted by atomic mass is 35.5. The van der Waals surface area contributed by atoms with E-state index >= 15 is 0 Å². The summed E-state index contributed by atoms with van der Waals surface area (Å²) >= 11 is 13.7. The van der Waals surface area contributed by atoms with Gasteiger partial charge in [0.25, 0.3) is 0 Å². The molecule has 2 aromatic heterocycles. The number of pyridine rings is 1. The molecule has 0 aliphatic heterocycles. The lowest BCUT2D eigenvalue weighted by atomic mass is 9.98. The summed E-state index contributed by atoms with van der Waals surface area (Å²) in [7, 11) is 1.52. The average Bonchev–Trinajstić information content (AvgIpc) is 3.07. The number of nitrogens with zero attached hydrogens (tertiary/aromatic N) is 3. The molecule has 0 bridgehead atoms. The van der Waals surface area contributed by atoms with Crippen molar-refractivity contribution in [2.24, 2.45) is 10.7 Å². The van der Waals surface area contributed by atoms with Gasteiger partial charge in [0.05, 0.1) is 22.4 Å². The number of thiophene rings is 1. The van der Waals surface area contributed by atoms with Crippen molar-refractivity contribution in [2.75, 3.05) is 7.11 Å². The number of methoxy groups -OCH3 is 1. The quantitative estimate of drug-likeness (QED) is 0.440. The number of benzene rings is 1. The second-order valence-electron chi connectivity index (χ2n) is 5.48. The topological polar surface area (TPSA) is 108 Å². The number of nitrogens with two attached hydrogens (primary N) is 1. The van der Waals surface area contributed by atoms with Crippen LogP contribution in [0.15, 0.2) is 41.5 Å². The molecule has 9 heteroatoms. The van der Waals surface area contributed by atoms with E-state index in [-0.39, 0.29) is 5.84 Å². The van der Waals surface area contributed by atoms with Gasteiger partial charge in [-0.3, -0.25) is 5.41 Å². The van der Waals surface area contributed by atoms with Crippen LogP contribution in [0.1, 0.15) is 10.4 Å². The Morgan fingerprint density at radius 2 is 2.14 bits per heavy atom. The summed E-state index contributed by atoms with van der Waals surface area (Å²) < 4.78 is 5.19. The molecular formula is C19H13Cl2N5OS. The van der Waals surface area contributed by atoms with Crippen LogP contribution in [0.5, 0.6) is 5.88 Å². The molecule has 0 spiro atoms. The summed E-state index contributed by atoms with van der Waals surface area (Å²) in [6.45, 7) is 0.